The van der Waals surface area contributed by atoms with E-state index in [4.69, 9.17) is 14.6 Å². The highest BCUT2D eigenvalue weighted by atomic mass is 32.2. The summed E-state index contributed by atoms with van der Waals surface area (Å²) in [7, 11) is -1.48. The first-order chi connectivity index (χ1) is 8.56. The number of unbranched alkanes of at least 4 members (excludes halogenated alkanes) is 1. The van der Waals surface area contributed by atoms with Crippen LogP contribution in [0, 0.1) is 0 Å². The number of aliphatic carboxylic acids is 1. The third-order valence-electron chi connectivity index (χ3n) is 1.96. The Balaban J connectivity index is 3.47. The van der Waals surface area contributed by atoms with Gasteiger partial charge in [0, 0.05) is 23.2 Å². The number of hydrogen-bond donors (Lipinski definition) is 1. The van der Waals surface area contributed by atoms with Crippen LogP contribution in [-0.4, -0.2) is 52.6 Å². The Kier molecular flexibility index (Phi) is 10.6. The van der Waals surface area contributed by atoms with Crippen molar-refractivity contribution in [1.82, 2.24) is 0 Å². The number of carboxylic acid groups (broad SMARTS) is 1. The summed E-state index contributed by atoms with van der Waals surface area (Å²) < 4.78 is 21.2. The second kappa shape index (κ2) is 11.2. The van der Waals surface area contributed by atoms with Gasteiger partial charge in [0.2, 0.25) is 0 Å². The molecule has 1 unspecified atom stereocenters. The van der Waals surface area contributed by atoms with E-state index in [2.05, 4.69) is 6.92 Å². The van der Waals surface area contributed by atoms with E-state index in [1.165, 1.54) is 0 Å². The van der Waals surface area contributed by atoms with Crippen LogP contribution in [-0.2, 0) is 29.9 Å². The highest BCUT2D eigenvalue weighted by Gasteiger charge is 2.10. The van der Waals surface area contributed by atoms with Crippen molar-refractivity contribution in [3.05, 3.63) is 0 Å². The molecule has 0 aromatic rings. The summed E-state index contributed by atoms with van der Waals surface area (Å²) in [6.45, 7) is 3.15. The van der Waals surface area contributed by atoms with E-state index in [1.54, 1.807) is 0 Å². The van der Waals surface area contributed by atoms with E-state index in [-0.39, 0.29) is 24.5 Å². The van der Waals surface area contributed by atoms with E-state index < -0.39 is 22.7 Å². The molecule has 0 aliphatic rings. The molecule has 0 aliphatic carbocycles. The van der Waals surface area contributed by atoms with Gasteiger partial charge in [0.05, 0.1) is 13.0 Å². The average Bonchev–Trinajstić information content (AvgIpc) is 2.31. The van der Waals surface area contributed by atoms with E-state index in [9.17, 15) is 13.8 Å². The maximum absolute atomic E-state index is 11.2. The van der Waals surface area contributed by atoms with Crippen molar-refractivity contribution in [2.75, 3.05) is 31.3 Å². The third-order valence-corrected chi connectivity index (χ3v) is 3.17. The number of ether oxygens (including phenoxy) is 2. The van der Waals surface area contributed by atoms with Gasteiger partial charge in [-0.3, -0.25) is 13.8 Å². The molecule has 106 valence electrons. The molecule has 1 N–H and O–H groups in total. The number of carbonyl (C=O) groups excluding carboxylic acids is 1. The van der Waals surface area contributed by atoms with E-state index >= 15 is 0 Å². The normalized spacial score (nSPS) is 12.1. The van der Waals surface area contributed by atoms with Crippen molar-refractivity contribution in [3.63, 3.8) is 0 Å². The lowest BCUT2D eigenvalue weighted by atomic mass is 10.4. The van der Waals surface area contributed by atoms with E-state index in [1.807, 2.05) is 0 Å². The van der Waals surface area contributed by atoms with Crippen molar-refractivity contribution >= 4 is 22.7 Å². The number of hydrogen-bond acceptors (Lipinski definition) is 5. The minimum atomic E-state index is -1.48. The van der Waals surface area contributed by atoms with Crippen molar-refractivity contribution in [3.8, 4) is 0 Å². The maximum Gasteiger partial charge on any atom is 0.318 e. The van der Waals surface area contributed by atoms with Crippen LogP contribution in [0.2, 0.25) is 0 Å². The van der Waals surface area contributed by atoms with E-state index in [0.717, 1.165) is 12.8 Å². The molecule has 0 spiro atoms. The van der Waals surface area contributed by atoms with Gasteiger partial charge < -0.3 is 14.6 Å². The topological polar surface area (TPSA) is 89.9 Å². The zero-order chi connectivity index (χ0) is 13.8. The molecule has 7 heteroatoms. The highest BCUT2D eigenvalue weighted by molar-refractivity contribution is 7.85. The summed E-state index contributed by atoms with van der Waals surface area (Å²) in [4.78, 5) is 21.4. The Hall–Kier alpha value is -0.950. The maximum atomic E-state index is 11.2. The molecular formula is C11H20O6S. The number of carboxylic acids is 1. The molecule has 1 atom stereocenters. The molecule has 6 nitrogen and oxygen atoms in total. The van der Waals surface area contributed by atoms with Gasteiger partial charge >= 0.3 is 11.9 Å². The van der Waals surface area contributed by atoms with Gasteiger partial charge in [-0.25, -0.2) is 0 Å². The molecule has 0 aromatic heterocycles. The first kappa shape index (κ1) is 17.1. The Morgan fingerprint density at radius 1 is 1.22 bits per heavy atom. The molecule has 0 amide bonds. The zero-order valence-electron chi connectivity index (χ0n) is 10.6. The fourth-order valence-corrected chi connectivity index (χ4v) is 1.90. The molecule has 0 aliphatic heterocycles. The molecule has 0 fully saturated rings. The van der Waals surface area contributed by atoms with Crippen molar-refractivity contribution in [2.45, 2.75) is 26.2 Å². The molecule has 0 rings (SSSR count). The Labute approximate surface area is 109 Å². The Bertz CT molecular complexity index is 279. The fourth-order valence-electron chi connectivity index (χ4n) is 1.01. The van der Waals surface area contributed by atoms with Gasteiger partial charge in [-0.05, 0) is 6.42 Å². The molecular weight excluding hydrogens is 260 g/mol. The SMILES string of the molecule is CCCCOCCOC(=O)CS(=O)CCC(=O)O. The number of esters is 1. The Morgan fingerprint density at radius 2 is 1.94 bits per heavy atom. The summed E-state index contributed by atoms with van der Waals surface area (Å²) in [5.74, 6) is -1.90. The molecule has 0 aromatic carbocycles. The van der Waals surface area contributed by atoms with Crippen LogP contribution in [0.25, 0.3) is 0 Å². The van der Waals surface area contributed by atoms with Gasteiger partial charge in [-0.2, -0.15) is 0 Å². The van der Waals surface area contributed by atoms with Gasteiger partial charge in [0.25, 0.3) is 0 Å². The van der Waals surface area contributed by atoms with Crippen LogP contribution in [0.15, 0.2) is 0 Å². The second-order valence-electron chi connectivity index (χ2n) is 3.62. The lowest BCUT2D eigenvalue weighted by Gasteiger charge is -2.05. The van der Waals surface area contributed by atoms with Crippen LogP contribution in [0.3, 0.4) is 0 Å². The Morgan fingerprint density at radius 3 is 2.56 bits per heavy atom. The minimum absolute atomic E-state index is 0.0303. The lowest BCUT2D eigenvalue weighted by Crippen LogP contribution is -2.19. The zero-order valence-corrected chi connectivity index (χ0v) is 11.4. The number of rotatable bonds is 11. The minimum Gasteiger partial charge on any atom is -0.481 e. The van der Waals surface area contributed by atoms with Crippen LogP contribution < -0.4 is 0 Å². The van der Waals surface area contributed by atoms with Crippen LogP contribution in [0.5, 0.6) is 0 Å². The highest BCUT2D eigenvalue weighted by Crippen LogP contribution is 1.92. The van der Waals surface area contributed by atoms with Crippen molar-refractivity contribution in [2.24, 2.45) is 0 Å². The molecule has 0 saturated carbocycles. The van der Waals surface area contributed by atoms with Crippen LogP contribution in [0.1, 0.15) is 26.2 Å². The predicted molar refractivity (Wildman–Crippen MR) is 66.8 cm³/mol. The lowest BCUT2D eigenvalue weighted by molar-refractivity contribution is -0.142. The van der Waals surface area contributed by atoms with Gasteiger partial charge in [0.1, 0.15) is 12.4 Å². The standard InChI is InChI=1S/C11H20O6S/c1-2-3-5-16-6-7-17-11(14)9-18(15)8-4-10(12)13/h2-9H2,1H3,(H,12,13). The second-order valence-corrected chi connectivity index (χ2v) is 5.19. The quantitative estimate of drug-likeness (QED) is 0.439. The fraction of sp³-hybridized carbons (Fsp3) is 0.818. The average molecular weight is 280 g/mol. The summed E-state index contributed by atoms with van der Waals surface area (Å²) in [5.41, 5.74) is 0. The third kappa shape index (κ3) is 11.5. The summed E-state index contributed by atoms with van der Waals surface area (Å²) >= 11 is 0. The van der Waals surface area contributed by atoms with Gasteiger partial charge in [-0.15, -0.1) is 0 Å². The first-order valence-corrected chi connectivity index (χ1v) is 7.35. The first-order valence-electron chi connectivity index (χ1n) is 5.86. The summed E-state index contributed by atoms with van der Waals surface area (Å²) in [5, 5.41) is 8.37. The van der Waals surface area contributed by atoms with Crippen molar-refractivity contribution in [1.29, 1.82) is 0 Å². The van der Waals surface area contributed by atoms with Crippen LogP contribution >= 0.6 is 0 Å². The van der Waals surface area contributed by atoms with Gasteiger partial charge in [0.15, 0.2) is 0 Å². The summed E-state index contributed by atoms with van der Waals surface area (Å²) in [6, 6.07) is 0. The smallest absolute Gasteiger partial charge is 0.318 e. The molecule has 0 bridgehead atoms. The largest absolute Gasteiger partial charge is 0.481 e. The van der Waals surface area contributed by atoms with Crippen molar-refractivity contribution < 1.29 is 28.4 Å². The molecule has 18 heavy (non-hydrogen) atoms. The van der Waals surface area contributed by atoms with Crippen LogP contribution in [0.4, 0.5) is 0 Å². The predicted octanol–water partition coefficient (Wildman–Crippen LogP) is 0.570. The summed E-state index contributed by atoms with van der Waals surface area (Å²) in [6.07, 6.45) is 1.80. The number of carbonyl (C=O) groups is 2. The van der Waals surface area contributed by atoms with E-state index in [0.29, 0.717) is 13.2 Å². The monoisotopic (exact) mass is 280 g/mol. The van der Waals surface area contributed by atoms with Gasteiger partial charge in [-0.1, -0.05) is 13.3 Å². The molecule has 0 saturated heterocycles. The molecule has 0 radical (unpaired) electrons. The molecule has 0 heterocycles.